The quantitative estimate of drug-likeness (QED) is 0.517. The lowest BCUT2D eigenvalue weighted by Gasteiger charge is -2.18. The molecule has 0 saturated heterocycles. The molecule has 0 saturated carbocycles. The van der Waals surface area contributed by atoms with Crippen molar-refractivity contribution in [3.63, 3.8) is 0 Å². The second-order valence-corrected chi connectivity index (χ2v) is 7.56. The summed E-state index contributed by atoms with van der Waals surface area (Å²) in [6.45, 7) is 2.60. The summed E-state index contributed by atoms with van der Waals surface area (Å²) in [5, 5.41) is 4.67. The van der Waals surface area contributed by atoms with Crippen molar-refractivity contribution in [3.8, 4) is 11.5 Å². The molecule has 0 atom stereocenters. The molecule has 0 N–H and O–H groups in total. The zero-order chi connectivity index (χ0) is 22.5. The number of halogens is 2. The summed E-state index contributed by atoms with van der Waals surface area (Å²) >= 11 is 6.49. The molecule has 2 aromatic carbocycles. The Hall–Kier alpha value is -3.06. The van der Waals surface area contributed by atoms with Crippen LogP contribution in [0.3, 0.4) is 0 Å². The number of hydrogen-bond acceptors (Lipinski definition) is 4. The van der Waals surface area contributed by atoms with Crippen LogP contribution in [0.2, 0.25) is 5.15 Å². The van der Waals surface area contributed by atoms with Crippen LogP contribution in [0.15, 0.2) is 42.5 Å². The van der Waals surface area contributed by atoms with Crippen LogP contribution in [0.4, 0.5) is 4.39 Å². The van der Waals surface area contributed by atoms with E-state index in [9.17, 15) is 9.18 Å². The van der Waals surface area contributed by atoms with Crippen molar-refractivity contribution in [3.05, 3.63) is 75.8 Å². The van der Waals surface area contributed by atoms with Crippen LogP contribution in [0.1, 0.15) is 27.2 Å². The van der Waals surface area contributed by atoms with E-state index in [4.69, 9.17) is 21.1 Å². The van der Waals surface area contributed by atoms with E-state index in [0.717, 1.165) is 11.1 Å². The minimum Gasteiger partial charge on any atom is -0.493 e. The fraction of sp³-hybridized carbons (Fsp3) is 0.304. The van der Waals surface area contributed by atoms with Crippen molar-refractivity contribution in [1.82, 2.24) is 14.7 Å². The Morgan fingerprint density at radius 1 is 1.10 bits per heavy atom. The number of carbonyl (C=O) groups is 1. The molecule has 0 spiro atoms. The highest BCUT2D eigenvalue weighted by molar-refractivity contribution is 6.33. The molecule has 6 nitrogen and oxygen atoms in total. The molecule has 31 heavy (non-hydrogen) atoms. The molecule has 0 bridgehead atoms. The molecular weight excluding hydrogens is 421 g/mol. The van der Waals surface area contributed by atoms with Gasteiger partial charge >= 0.3 is 0 Å². The average Bonchev–Trinajstić information content (AvgIpc) is 3.05. The van der Waals surface area contributed by atoms with Gasteiger partial charge in [0.15, 0.2) is 11.5 Å². The van der Waals surface area contributed by atoms with Crippen molar-refractivity contribution in [2.75, 3.05) is 27.8 Å². The number of carbonyl (C=O) groups excluding carboxylic acids is 1. The van der Waals surface area contributed by atoms with E-state index in [2.05, 4.69) is 5.10 Å². The van der Waals surface area contributed by atoms with E-state index in [1.54, 1.807) is 49.9 Å². The lowest BCUT2D eigenvalue weighted by Crippen LogP contribution is -2.29. The van der Waals surface area contributed by atoms with Crippen molar-refractivity contribution >= 4 is 17.5 Å². The number of nitrogens with zero attached hydrogens (tertiary/aromatic N) is 3. The van der Waals surface area contributed by atoms with Gasteiger partial charge in [-0.15, -0.1) is 0 Å². The number of aryl methyl sites for hydroxylation is 1. The first-order valence-corrected chi connectivity index (χ1v) is 10.2. The van der Waals surface area contributed by atoms with Crippen LogP contribution < -0.4 is 9.47 Å². The zero-order valence-electron chi connectivity index (χ0n) is 18.0. The molecule has 0 unspecified atom stereocenters. The molecule has 164 valence electrons. The number of rotatable bonds is 8. The molecule has 1 aromatic heterocycles. The third-order valence-electron chi connectivity index (χ3n) is 5.06. The number of methoxy groups -OCH3 is 2. The predicted octanol–water partition coefficient (Wildman–Crippen LogP) is 4.36. The lowest BCUT2D eigenvalue weighted by atomic mass is 10.1. The van der Waals surface area contributed by atoms with E-state index in [-0.39, 0.29) is 16.9 Å². The van der Waals surface area contributed by atoms with Gasteiger partial charge in [0.05, 0.1) is 32.0 Å². The summed E-state index contributed by atoms with van der Waals surface area (Å²) in [6.07, 6.45) is 0.642. The summed E-state index contributed by atoms with van der Waals surface area (Å²) in [6, 6.07) is 11.8. The first-order valence-electron chi connectivity index (χ1n) is 9.77. The molecule has 0 aliphatic rings. The van der Waals surface area contributed by atoms with E-state index in [1.807, 2.05) is 18.2 Å². The van der Waals surface area contributed by atoms with Gasteiger partial charge in [-0.3, -0.25) is 4.79 Å². The van der Waals surface area contributed by atoms with Gasteiger partial charge in [-0.25, -0.2) is 9.07 Å². The standard InChI is InChI=1S/C23H25ClFN3O3/c1-15-21(22(24)28(26-15)14-17-5-8-18(25)9-6-17)23(29)27(2)12-11-16-7-10-19(30-3)20(13-16)31-4/h5-10,13H,11-12,14H2,1-4H3. The normalized spacial score (nSPS) is 10.8. The molecule has 8 heteroatoms. The van der Waals surface area contributed by atoms with E-state index in [0.29, 0.717) is 42.3 Å². The van der Waals surface area contributed by atoms with E-state index in [1.165, 1.54) is 12.1 Å². The molecule has 1 heterocycles. The Kier molecular flexibility index (Phi) is 7.17. The maximum absolute atomic E-state index is 13.1. The fourth-order valence-corrected chi connectivity index (χ4v) is 3.60. The fourth-order valence-electron chi connectivity index (χ4n) is 3.29. The Morgan fingerprint density at radius 2 is 1.74 bits per heavy atom. The van der Waals surface area contributed by atoms with Gasteiger partial charge in [-0.1, -0.05) is 29.8 Å². The maximum Gasteiger partial charge on any atom is 0.258 e. The second kappa shape index (κ2) is 9.83. The minimum atomic E-state index is -0.307. The van der Waals surface area contributed by atoms with Gasteiger partial charge in [-0.05, 0) is 48.7 Å². The van der Waals surface area contributed by atoms with Gasteiger partial charge in [-0.2, -0.15) is 5.10 Å². The Bertz CT molecular complexity index is 1070. The summed E-state index contributed by atoms with van der Waals surface area (Å²) in [5.74, 6) is 0.799. The second-order valence-electron chi connectivity index (χ2n) is 7.20. The van der Waals surface area contributed by atoms with Gasteiger partial charge in [0.25, 0.3) is 5.91 Å². The third-order valence-corrected chi connectivity index (χ3v) is 5.44. The van der Waals surface area contributed by atoms with E-state index >= 15 is 0 Å². The highest BCUT2D eigenvalue weighted by Gasteiger charge is 2.23. The highest BCUT2D eigenvalue weighted by atomic mass is 35.5. The van der Waals surface area contributed by atoms with Crippen LogP contribution in [0.5, 0.6) is 11.5 Å². The van der Waals surface area contributed by atoms with Crippen molar-refractivity contribution in [2.45, 2.75) is 19.9 Å². The summed E-state index contributed by atoms with van der Waals surface area (Å²) in [7, 11) is 4.91. The summed E-state index contributed by atoms with van der Waals surface area (Å²) in [4.78, 5) is 14.7. The third kappa shape index (κ3) is 5.17. The monoisotopic (exact) mass is 445 g/mol. The molecule has 0 radical (unpaired) electrons. The number of amides is 1. The zero-order valence-corrected chi connectivity index (χ0v) is 18.7. The van der Waals surface area contributed by atoms with Gasteiger partial charge in [0.2, 0.25) is 0 Å². The van der Waals surface area contributed by atoms with E-state index < -0.39 is 0 Å². The number of benzene rings is 2. The van der Waals surface area contributed by atoms with Crippen molar-refractivity contribution < 1.29 is 18.7 Å². The lowest BCUT2D eigenvalue weighted by molar-refractivity contribution is 0.0796. The molecule has 0 aliphatic carbocycles. The van der Waals surface area contributed by atoms with Crippen molar-refractivity contribution in [2.24, 2.45) is 0 Å². The molecule has 0 aliphatic heterocycles. The van der Waals surface area contributed by atoms with Crippen molar-refractivity contribution in [1.29, 1.82) is 0 Å². The molecule has 0 fully saturated rings. The molecule has 3 rings (SSSR count). The Balaban J connectivity index is 1.70. The Labute approximate surface area is 186 Å². The number of likely N-dealkylation sites (N-methyl/N-ethyl adjacent to an activating group) is 1. The predicted molar refractivity (Wildman–Crippen MR) is 118 cm³/mol. The first kappa shape index (κ1) is 22.6. The number of ether oxygens (including phenoxy) is 2. The maximum atomic E-state index is 13.1. The first-order chi connectivity index (χ1) is 14.8. The molecule has 1 amide bonds. The van der Waals surface area contributed by atoms with Crippen LogP contribution in [-0.2, 0) is 13.0 Å². The highest BCUT2D eigenvalue weighted by Crippen LogP contribution is 2.28. The van der Waals surface area contributed by atoms with Crippen LogP contribution in [0, 0.1) is 12.7 Å². The van der Waals surface area contributed by atoms with Crippen LogP contribution in [-0.4, -0.2) is 48.4 Å². The average molecular weight is 446 g/mol. The van der Waals surface area contributed by atoms with Gasteiger partial charge in [0, 0.05) is 13.6 Å². The van der Waals surface area contributed by atoms with Gasteiger partial charge < -0.3 is 14.4 Å². The smallest absolute Gasteiger partial charge is 0.258 e. The number of aromatic nitrogens is 2. The Morgan fingerprint density at radius 3 is 2.39 bits per heavy atom. The van der Waals surface area contributed by atoms with Gasteiger partial charge in [0.1, 0.15) is 11.0 Å². The minimum absolute atomic E-state index is 0.201. The number of hydrogen-bond donors (Lipinski definition) is 0. The van der Waals surface area contributed by atoms with Crippen LogP contribution >= 0.6 is 11.6 Å². The molecular formula is C23H25ClFN3O3. The summed E-state index contributed by atoms with van der Waals surface area (Å²) < 4.78 is 25.3. The largest absolute Gasteiger partial charge is 0.493 e. The summed E-state index contributed by atoms with van der Waals surface area (Å²) in [5.41, 5.74) is 2.78. The SMILES string of the molecule is COc1ccc(CCN(C)C(=O)c2c(C)nn(Cc3ccc(F)cc3)c2Cl)cc1OC. The molecule has 3 aromatic rings. The topological polar surface area (TPSA) is 56.6 Å². The van der Waals surface area contributed by atoms with Crippen LogP contribution in [0.25, 0.3) is 0 Å².